The van der Waals surface area contributed by atoms with Gasteiger partial charge < -0.3 is 24.8 Å². The van der Waals surface area contributed by atoms with E-state index < -0.39 is 22.8 Å². The van der Waals surface area contributed by atoms with Gasteiger partial charge in [0.25, 0.3) is 0 Å². The zero-order valence-corrected chi connectivity index (χ0v) is 16.1. The molecule has 0 spiro atoms. The third kappa shape index (κ3) is 3.60. The van der Waals surface area contributed by atoms with Crippen LogP contribution in [0.25, 0.3) is 0 Å². The maximum atomic E-state index is 2.46. The summed E-state index contributed by atoms with van der Waals surface area (Å²) in [5.74, 6) is 0. The summed E-state index contributed by atoms with van der Waals surface area (Å²) in [6.07, 6.45) is 9.22. The van der Waals surface area contributed by atoms with Crippen molar-refractivity contribution in [1.82, 2.24) is 0 Å². The van der Waals surface area contributed by atoms with Gasteiger partial charge in [0.15, 0.2) is 0 Å². The molecule has 2 aliphatic rings. The molecule has 3 rings (SSSR count). The molecule has 0 nitrogen and oxygen atoms in total. The van der Waals surface area contributed by atoms with Gasteiger partial charge in [0, 0.05) is 0 Å². The first kappa shape index (κ1) is 18.0. The number of benzene rings is 1. The van der Waals surface area contributed by atoms with Crippen molar-refractivity contribution < 1.29 is 47.6 Å². The van der Waals surface area contributed by atoms with Crippen molar-refractivity contribution >= 4 is 16.3 Å². The molecule has 0 aromatic heterocycles. The largest absolute Gasteiger partial charge is 1.00 e. The van der Waals surface area contributed by atoms with E-state index in [9.17, 15) is 0 Å². The van der Waals surface area contributed by atoms with E-state index >= 15 is 0 Å². The van der Waals surface area contributed by atoms with Gasteiger partial charge in [-0.2, -0.15) is 0 Å². The Morgan fingerprint density at radius 2 is 1.75 bits per heavy atom. The topological polar surface area (TPSA) is 0 Å². The smallest absolute Gasteiger partial charge is 1.00 e. The van der Waals surface area contributed by atoms with E-state index in [4.69, 9.17) is 0 Å². The molecule has 0 saturated heterocycles. The minimum Gasteiger partial charge on any atom is -1.00 e. The van der Waals surface area contributed by atoms with Crippen molar-refractivity contribution in [3.8, 4) is 0 Å². The number of allylic oxidation sites excluding steroid dienone is 5. The number of hydrogen-bond donors (Lipinski definition) is 0. The molecule has 0 N–H and O–H groups in total. The number of rotatable bonds is 2. The number of fused-ring (bicyclic) bond motifs is 1. The van der Waals surface area contributed by atoms with Crippen LogP contribution in [0.3, 0.4) is 0 Å². The summed E-state index contributed by atoms with van der Waals surface area (Å²) in [6.45, 7) is 4.59. The van der Waals surface area contributed by atoms with Gasteiger partial charge in [0.1, 0.15) is 0 Å². The van der Waals surface area contributed by atoms with Crippen LogP contribution in [0.1, 0.15) is 13.8 Å². The van der Waals surface area contributed by atoms with E-state index in [1.54, 1.807) is 10.7 Å². The maximum Gasteiger partial charge on any atom is -1.00 e. The van der Waals surface area contributed by atoms with Crippen molar-refractivity contribution in [1.29, 1.82) is 0 Å². The second-order valence-electron chi connectivity index (χ2n) is 4.60. The van der Waals surface area contributed by atoms with Crippen LogP contribution in [-0.4, -0.2) is 5.78 Å². The Kier molecular flexibility index (Phi) is 7.08. The standard InChI is InChI=1S/C13H9S.C3H6.2ClH.Zr/c1-2-6-12(7-3-1)14-10-9-11-5-4-8-13(11)14;1-3-2;;;/h1-9H;1-2H3;2*1H;/q;;;;+2/p-2. The fourth-order valence-corrected chi connectivity index (χ4v) is 9.69. The predicted octanol–water partition coefficient (Wildman–Crippen LogP) is -1.86. The van der Waals surface area contributed by atoms with E-state index in [1.165, 1.54) is 10.5 Å². The zero-order valence-electron chi connectivity index (χ0n) is 11.4. The zero-order chi connectivity index (χ0) is 12.5. The molecule has 0 radical (unpaired) electrons. The number of hydrogen-bond acceptors (Lipinski definition) is 0. The van der Waals surface area contributed by atoms with E-state index in [1.807, 2.05) is 0 Å². The van der Waals surface area contributed by atoms with Crippen LogP contribution < -0.4 is 24.8 Å². The Bertz CT molecular complexity index is 648. The molecule has 103 valence electrons. The van der Waals surface area contributed by atoms with Crippen molar-refractivity contribution in [3.63, 3.8) is 0 Å². The molecule has 1 atom stereocenters. The van der Waals surface area contributed by atoms with Gasteiger partial charge in [0.2, 0.25) is 0 Å². The summed E-state index contributed by atoms with van der Waals surface area (Å²) in [7, 11) is 0.223. The third-order valence-electron chi connectivity index (χ3n) is 2.89. The van der Waals surface area contributed by atoms with Gasteiger partial charge in [-0.3, -0.25) is 0 Å². The van der Waals surface area contributed by atoms with Gasteiger partial charge in [-0.1, -0.05) is 0 Å². The molecule has 1 aromatic carbocycles. The molecular formula is C16H15Cl2SZr. The number of halogens is 2. The van der Waals surface area contributed by atoms with Crippen LogP contribution in [0.4, 0.5) is 0 Å². The van der Waals surface area contributed by atoms with Crippen LogP contribution in [0, 0.1) is 0 Å². The van der Waals surface area contributed by atoms with Crippen LogP contribution >= 0.6 is 10.5 Å². The Balaban J connectivity index is 0.000001000. The first-order valence-corrected chi connectivity index (χ1v) is 9.78. The molecule has 0 amide bonds. The van der Waals surface area contributed by atoms with Crippen molar-refractivity contribution in [2.45, 2.75) is 18.7 Å². The second kappa shape index (κ2) is 7.85. The minimum atomic E-state index is -0.511. The van der Waals surface area contributed by atoms with E-state index in [0.29, 0.717) is 0 Å². The van der Waals surface area contributed by atoms with E-state index in [0.717, 1.165) is 0 Å². The molecular weight excluding hydrogens is 386 g/mol. The summed E-state index contributed by atoms with van der Waals surface area (Å²) in [5, 5.41) is 0. The summed E-state index contributed by atoms with van der Waals surface area (Å²) < 4.78 is 3.39. The van der Waals surface area contributed by atoms with Gasteiger partial charge in [0.05, 0.1) is 0 Å². The first-order chi connectivity index (χ1) is 8.75. The van der Waals surface area contributed by atoms with Gasteiger partial charge in [-0.15, -0.1) is 0 Å². The molecule has 1 unspecified atom stereocenters. The Hall–Kier alpha value is -0.00688. The monoisotopic (exact) mass is 399 g/mol. The van der Waals surface area contributed by atoms with Crippen molar-refractivity contribution in [3.05, 3.63) is 65.1 Å². The quantitative estimate of drug-likeness (QED) is 0.510. The Morgan fingerprint density at radius 3 is 2.40 bits per heavy atom. The molecule has 20 heavy (non-hydrogen) atoms. The molecule has 1 heterocycles. The van der Waals surface area contributed by atoms with Crippen molar-refractivity contribution in [2.75, 3.05) is 0 Å². The van der Waals surface area contributed by atoms with Crippen molar-refractivity contribution in [2.24, 2.45) is 0 Å². The molecule has 0 saturated carbocycles. The van der Waals surface area contributed by atoms with Crippen LogP contribution in [0.15, 0.2) is 70.0 Å². The minimum absolute atomic E-state index is 0. The van der Waals surface area contributed by atoms with Crippen LogP contribution in [-0.2, 0) is 22.8 Å². The normalized spacial score (nSPS) is 18.3. The van der Waals surface area contributed by atoms with E-state index in [2.05, 4.69) is 68.5 Å². The third-order valence-corrected chi connectivity index (χ3v) is 9.30. The summed E-state index contributed by atoms with van der Waals surface area (Å²) in [6, 6.07) is 11.0. The fraction of sp³-hybridized carbons (Fsp3) is 0.125. The molecule has 4 heteroatoms. The van der Waals surface area contributed by atoms with Crippen LogP contribution in [0.5, 0.6) is 0 Å². The molecule has 0 fully saturated rings. The Morgan fingerprint density at radius 1 is 1.05 bits per heavy atom. The average molecular weight is 401 g/mol. The summed E-state index contributed by atoms with van der Waals surface area (Å²) in [4.78, 5) is 3.02. The molecule has 1 aliphatic heterocycles. The second-order valence-corrected chi connectivity index (χ2v) is 11.8. The molecule has 1 aromatic rings. The summed E-state index contributed by atoms with van der Waals surface area (Å²) >= 11 is -0.511. The summed E-state index contributed by atoms with van der Waals surface area (Å²) in [5.41, 5.74) is 1.46. The van der Waals surface area contributed by atoms with Gasteiger partial charge in [-0.05, 0) is 0 Å². The van der Waals surface area contributed by atoms with Crippen LogP contribution in [0.2, 0.25) is 0 Å². The average Bonchev–Trinajstić information content (AvgIpc) is 2.89. The first-order valence-electron chi connectivity index (χ1n) is 6.09. The predicted molar refractivity (Wildman–Crippen MR) is 79.0 cm³/mol. The van der Waals surface area contributed by atoms with E-state index in [-0.39, 0.29) is 35.3 Å². The molecule has 0 bridgehead atoms. The molecule has 1 aliphatic carbocycles. The Labute approximate surface area is 146 Å². The maximum absolute atomic E-state index is 2.46. The fourth-order valence-electron chi connectivity index (χ4n) is 2.19. The van der Waals surface area contributed by atoms with Gasteiger partial charge in [-0.25, -0.2) is 0 Å². The van der Waals surface area contributed by atoms with Gasteiger partial charge >= 0.3 is 123 Å². The SMILES string of the molecule is C[C](C)=[Zr+2][C]1=S(c2ccccc2)C2=CC=CC2=C1.[Cl-].[Cl-].